The number of halogens is 3. The summed E-state index contributed by atoms with van der Waals surface area (Å²) >= 11 is 0. The van der Waals surface area contributed by atoms with E-state index in [1.54, 1.807) is 12.1 Å². The molecule has 46 heavy (non-hydrogen) atoms. The number of carbonyl (C=O) groups excluding carboxylic acids is 1. The highest BCUT2D eigenvalue weighted by Crippen LogP contribution is 2.66. The van der Waals surface area contributed by atoms with Gasteiger partial charge in [-0.1, -0.05) is 37.5 Å². The van der Waals surface area contributed by atoms with E-state index < -0.39 is 28.9 Å². The van der Waals surface area contributed by atoms with Crippen molar-refractivity contribution < 1.29 is 32.9 Å². The molecular weight excluding hydrogens is 593 g/mol. The third-order valence-corrected chi connectivity index (χ3v) is 12.2. The minimum Gasteiger partial charge on any atom is -0.504 e. The predicted octanol–water partition coefficient (Wildman–Crippen LogP) is 6.47. The van der Waals surface area contributed by atoms with E-state index in [4.69, 9.17) is 4.74 Å². The van der Waals surface area contributed by atoms with Gasteiger partial charge in [0.2, 0.25) is 5.91 Å². The van der Waals surface area contributed by atoms with Gasteiger partial charge in [-0.15, -0.1) is 0 Å². The van der Waals surface area contributed by atoms with Crippen molar-refractivity contribution in [3.05, 3.63) is 64.7 Å². The minimum absolute atomic E-state index is 0.0554. The summed E-state index contributed by atoms with van der Waals surface area (Å²) in [4.78, 5) is 18.6. The lowest BCUT2D eigenvalue weighted by Gasteiger charge is -2.65. The molecule has 1 saturated heterocycles. The Bertz CT molecular complexity index is 1550. The quantitative estimate of drug-likeness (QED) is 0.341. The van der Waals surface area contributed by atoms with Gasteiger partial charge in [0, 0.05) is 30.8 Å². The van der Waals surface area contributed by atoms with Gasteiger partial charge in [-0.3, -0.25) is 9.69 Å². The Hall–Kier alpha value is -3.04. The zero-order chi connectivity index (χ0) is 31.8. The molecule has 4 aliphatic carbocycles. The van der Waals surface area contributed by atoms with Gasteiger partial charge in [0.15, 0.2) is 11.5 Å². The first-order chi connectivity index (χ1) is 22.1. The summed E-state index contributed by atoms with van der Waals surface area (Å²) in [6.45, 7) is 2.36. The van der Waals surface area contributed by atoms with Gasteiger partial charge in [0.1, 0.15) is 6.10 Å². The molecule has 2 aliphatic heterocycles. The summed E-state index contributed by atoms with van der Waals surface area (Å²) in [5, 5.41) is 24.0. The first kappa shape index (κ1) is 30.3. The van der Waals surface area contributed by atoms with E-state index in [0.29, 0.717) is 55.4 Å². The fourth-order valence-electron chi connectivity index (χ4n) is 9.89. The molecule has 2 aromatic carbocycles. The smallest absolute Gasteiger partial charge is 0.416 e. The van der Waals surface area contributed by atoms with Gasteiger partial charge in [-0.05, 0) is 105 Å². The van der Waals surface area contributed by atoms with Gasteiger partial charge in [-0.25, -0.2) is 0 Å². The number of phenolic OH excluding ortho intramolecular Hbond substituents is 1. The number of likely N-dealkylation sites (tertiary alicyclic amines) is 1. The molecule has 2 aromatic rings. The molecule has 8 rings (SSSR count). The number of hydrogen-bond donors (Lipinski definition) is 2. The Morgan fingerprint density at radius 1 is 1.04 bits per heavy atom. The predicted molar refractivity (Wildman–Crippen MR) is 167 cm³/mol. The van der Waals surface area contributed by atoms with Crippen LogP contribution in [0.5, 0.6) is 11.5 Å². The molecule has 5 atom stereocenters. The molecular formula is C37H43F3N2O4. The molecule has 1 spiro atoms. The van der Waals surface area contributed by atoms with E-state index in [1.165, 1.54) is 37.5 Å². The number of phenols is 1. The normalized spacial score (nSPS) is 32.3. The van der Waals surface area contributed by atoms with Crippen LogP contribution in [0.25, 0.3) is 6.08 Å². The van der Waals surface area contributed by atoms with Crippen molar-refractivity contribution in [2.24, 2.45) is 11.8 Å². The van der Waals surface area contributed by atoms with Gasteiger partial charge in [0.25, 0.3) is 0 Å². The summed E-state index contributed by atoms with van der Waals surface area (Å²) in [5.74, 6) is 1.28. The number of rotatable bonds is 7. The summed E-state index contributed by atoms with van der Waals surface area (Å²) in [6.07, 6.45) is 8.28. The summed E-state index contributed by atoms with van der Waals surface area (Å²) in [5.41, 5.74) is -0.203. The number of benzene rings is 2. The number of aromatic hydroxyl groups is 1. The fraction of sp³-hybridized carbons (Fsp3) is 0.595. The van der Waals surface area contributed by atoms with Crippen LogP contribution < -0.4 is 4.74 Å². The summed E-state index contributed by atoms with van der Waals surface area (Å²) in [7, 11) is 0. The molecule has 4 fully saturated rings. The van der Waals surface area contributed by atoms with E-state index in [-0.39, 0.29) is 23.7 Å². The molecule has 2 N–H and O–H groups in total. The van der Waals surface area contributed by atoms with E-state index >= 15 is 0 Å². The standard InChI is InChI=1S/C37H43F3N2O4/c38-37(39,40)27-8-4-7-23(19-27)11-14-31(44)42(22-24-5-2-1-3-6-24)28-15-16-36(45)30-20-26-12-13-29(43)33-32(26)35(36,34(28)46-33)17-18-41(30)21-25-9-10-25/h4,7-8,11-14,19,24-25,28,30,34,43,45H,1-3,5-6,9-10,15-18,20-22H2/t28?,30-,34?,35+,36-/m1/s1. The number of amides is 1. The molecule has 2 bridgehead atoms. The van der Waals surface area contributed by atoms with Crippen LogP contribution in [0.1, 0.15) is 86.5 Å². The SMILES string of the molecule is O=C(C=Cc1cccc(C(F)(F)F)c1)N(CC1CCCCC1)C1CC[C@@]2(O)[C@H]3Cc4ccc(O)c5c4[C@@]2(CCN3CC2CC2)C1O5. The number of hydrogen-bond acceptors (Lipinski definition) is 5. The van der Waals surface area contributed by atoms with Crippen molar-refractivity contribution in [3.63, 3.8) is 0 Å². The first-order valence-corrected chi connectivity index (χ1v) is 17.2. The zero-order valence-corrected chi connectivity index (χ0v) is 26.1. The summed E-state index contributed by atoms with van der Waals surface area (Å²) < 4.78 is 47.0. The highest BCUT2D eigenvalue weighted by Gasteiger charge is 2.73. The molecule has 1 amide bonds. The number of ether oxygens (including phenoxy) is 1. The van der Waals surface area contributed by atoms with Crippen LogP contribution in [0, 0.1) is 11.8 Å². The molecule has 2 unspecified atom stereocenters. The first-order valence-electron chi connectivity index (χ1n) is 17.2. The van der Waals surface area contributed by atoms with Crippen LogP contribution in [-0.2, 0) is 22.8 Å². The average Bonchev–Trinajstić information content (AvgIpc) is 3.79. The molecule has 6 aliphatic rings. The lowest BCUT2D eigenvalue weighted by atomic mass is 9.48. The Labute approximate surface area is 268 Å². The Kier molecular flexibility index (Phi) is 7.25. The molecule has 0 aromatic heterocycles. The van der Waals surface area contributed by atoms with Crippen LogP contribution in [0.2, 0.25) is 0 Å². The number of alkyl halides is 3. The van der Waals surface area contributed by atoms with E-state index in [0.717, 1.165) is 62.0 Å². The third kappa shape index (κ3) is 4.78. The van der Waals surface area contributed by atoms with Crippen LogP contribution in [-0.4, -0.2) is 69.3 Å². The van der Waals surface area contributed by atoms with Gasteiger partial charge in [-0.2, -0.15) is 13.2 Å². The third-order valence-electron chi connectivity index (χ3n) is 12.2. The molecule has 6 nitrogen and oxygen atoms in total. The number of piperidine rings is 1. The fourth-order valence-corrected chi connectivity index (χ4v) is 9.89. The second-order valence-corrected chi connectivity index (χ2v) is 14.8. The second kappa shape index (κ2) is 11.0. The molecule has 2 heterocycles. The van der Waals surface area contributed by atoms with Crippen molar-refractivity contribution in [3.8, 4) is 11.5 Å². The zero-order valence-electron chi connectivity index (χ0n) is 26.1. The monoisotopic (exact) mass is 636 g/mol. The molecule has 246 valence electrons. The van der Waals surface area contributed by atoms with Gasteiger partial charge in [0.05, 0.1) is 22.6 Å². The van der Waals surface area contributed by atoms with Crippen LogP contribution in [0.4, 0.5) is 13.2 Å². The van der Waals surface area contributed by atoms with Crippen molar-refractivity contribution in [2.45, 2.75) is 106 Å². The van der Waals surface area contributed by atoms with Crippen molar-refractivity contribution in [1.82, 2.24) is 9.80 Å². The number of carbonyl (C=O) groups is 1. The maximum atomic E-state index is 14.2. The Morgan fingerprint density at radius 2 is 1.85 bits per heavy atom. The maximum absolute atomic E-state index is 14.2. The van der Waals surface area contributed by atoms with Crippen LogP contribution in [0.3, 0.4) is 0 Å². The van der Waals surface area contributed by atoms with Crippen molar-refractivity contribution in [2.75, 3.05) is 19.6 Å². The molecule has 3 saturated carbocycles. The van der Waals surface area contributed by atoms with Crippen molar-refractivity contribution in [1.29, 1.82) is 0 Å². The lowest BCUT2D eigenvalue weighted by molar-refractivity contribution is -0.201. The molecule has 9 heteroatoms. The second-order valence-electron chi connectivity index (χ2n) is 14.8. The number of nitrogens with zero attached hydrogens (tertiary/aromatic N) is 2. The minimum atomic E-state index is -4.47. The topological polar surface area (TPSA) is 73.2 Å². The Morgan fingerprint density at radius 3 is 2.61 bits per heavy atom. The van der Waals surface area contributed by atoms with Crippen LogP contribution >= 0.6 is 0 Å². The van der Waals surface area contributed by atoms with Gasteiger partial charge >= 0.3 is 6.18 Å². The van der Waals surface area contributed by atoms with Gasteiger partial charge < -0.3 is 19.8 Å². The van der Waals surface area contributed by atoms with Crippen molar-refractivity contribution >= 4 is 12.0 Å². The molecule has 0 radical (unpaired) electrons. The van der Waals surface area contributed by atoms with E-state index in [1.807, 2.05) is 11.0 Å². The lowest BCUT2D eigenvalue weighted by Crippen LogP contribution is -2.78. The van der Waals surface area contributed by atoms with E-state index in [2.05, 4.69) is 4.90 Å². The summed E-state index contributed by atoms with van der Waals surface area (Å²) in [6, 6.07) is 8.30. The average molecular weight is 637 g/mol. The maximum Gasteiger partial charge on any atom is 0.416 e. The van der Waals surface area contributed by atoms with Crippen LogP contribution in [0.15, 0.2) is 42.5 Å². The largest absolute Gasteiger partial charge is 0.504 e. The van der Waals surface area contributed by atoms with E-state index in [9.17, 15) is 28.2 Å². The highest BCUT2D eigenvalue weighted by molar-refractivity contribution is 5.92. The Balaban J connectivity index is 1.16. The number of aliphatic hydroxyl groups is 1. The highest BCUT2D eigenvalue weighted by atomic mass is 19.4.